The van der Waals surface area contributed by atoms with Gasteiger partial charge in [0.1, 0.15) is 11.6 Å². The maximum absolute atomic E-state index is 13.7. The molecule has 1 atom stereocenters. The minimum Gasteiger partial charge on any atom is -0.313 e. The summed E-state index contributed by atoms with van der Waals surface area (Å²) in [5.74, 6) is -0.802. The summed E-state index contributed by atoms with van der Waals surface area (Å²) in [4.78, 5) is 0. The van der Waals surface area contributed by atoms with Crippen LogP contribution in [0, 0.1) is 11.6 Å². The Balaban J connectivity index is 2.29. The predicted molar refractivity (Wildman–Crippen MR) is 81.6 cm³/mol. The highest BCUT2D eigenvalue weighted by Crippen LogP contribution is 2.36. The highest BCUT2D eigenvalue weighted by molar-refractivity contribution is 9.12. The standard InChI is InChI=1S/C13H11Br2F2NS/c1-18-11(9-6-12(14)19-13(9)15)5-7-4-8(16)2-3-10(7)17/h2-4,6,11,18H,5H2,1H3. The van der Waals surface area contributed by atoms with Crippen LogP contribution in [0.1, 0.15) is 17.2 Å². The van der Waals surface area contributed by atoms with Crippen LogP contribution in [0.4, 0.5) is 8.78 Å². The second-order valence-corrected chi connectivity index (χ2v) is 7.81. The highest BCUT2D eigenvalue weighted by atomic mass is 79.9. The zero-order valence-corrected chi connectivity index (χ0v) is 14.0. The second kappa shape index (κ2) is 6.43. The fraction of sp³-hybridized carbons (Fsp3) is 0.231. The molecule has 0 fully saturated rings. The lowest BCUT2D eigenvalue weighted by Gasteiger charge is -2.16. The first-order valence-electron chi connectivity index (χ1n) is 5.57. The van der Waals surface area contributed by atoms with Crippen LogP contribution >= 0.6 is 43.2 Å². The Morgan fingerprint density at radius 2 is 2.00 bits per heavy atom. The molecule has 1 N–H and O–H groups in total. The number of hydrogen-bond acceptors (Lipinski definition) is 2. The van der Waals surface area contributed by atoms with Crippen molar-refractivity contribution in [1.29, 1.82) is 0 Å². The Morgan fingerprint density at radius 1 is 1.26 bits per heavy atom. The molecular formula is C13H11Br2F2NS. The summed E-state index contributed by atoms with van der Waals surface area (Å²) in [5.41, 5.74) is 1.40. The molecule has 0 spiro atoms. The molecule has 1 unspecified atom stereocenters. The van der Waals surface area contributed by atoms with Gasteiger partial charge in [0.05, 0.1) is 7.57 Å². The zero-order valence-electron chi connectivity index (χ0n) is 10.0. The van der Waals surface area contributed by atoms with Crippen LogP contribution in [-0.4, -0.2) is 7.05 Å². The molecule has 102 valence electrons. The van der Waals surface area contributed by atoms with Crippen molar-refractivity contribution in [3.8, 4) is 0 Å². The summed E-state index contributed by atoms with van der Waals surface area (Å²) >= 11 is 8.46. The Morgan fingerprint density at radius 3 is 2.58 bits per heavy atom. The van der Waals surface area contributed by atoms with E-state index >= 15 is 0 Å². The van der Waals surface area contributed by atoms with Gasteiger partial charge in [-0.1, -0.05) is 0 Å². The van der Waals surface area contributed by atoms with E-state index in [2.05, 4.69) is 37.2 Å². The Bertz CT molecular complexity index is 586. The molecule has 0 saturated heterocycles. The van der Waals surface area contributed by atoms with Crippen molar-refractivity contribution in [3.63, 3.8) is 0 Å². The topological polar surface area (TPSA) is 12.0 Å². The van der Waals surface area contributed by atoms with E-state index in [1.807, 2.05) is 6.07 Å². The molecule has 0 amide bonds. The van der Waals surface area contributed by atoms with Gasteiger partial charge in [0.25, 0.3) is 0 Å². The molecule has 0 saturated carbocycles. The average Bonchev–Trinajstić information content (AvgIpc) is 2.69. The zero-order chi connectivity index (χ0) is 14.0. The maximum atomic E-state index is 13.7. The molecule has 19 heavy (non-hydrogen) atoms. The first-order valence-corrected chi connectivity index (χ1v) is 7.97. The molecule has 2 aromatic rings. The predicted octanol–water partition coefficient (Wildman–Crippen LogP) is 5.05. The lowest BCUT2D eigenvalue weighted by molar-refractivity contribution is 0.544. The molecule has 1 nitrogen and oxygen atoms in total. The van der Waals surface area contributed by atoms with Gasteiger partial charge in [-0.2, -0.15) is 0 Å². The lowest BCUT2D eigenvalue weighted by atomic mass is 10.0. The van der Waals surface area contributed by atoms with Crippen molar-refractivity contribution in [1.82, 2.24) is 5.32 Å². The molecule has 6 heteroatoms. The van der Waals surface area contributed by atoms with Crippen molar-refractivity contribution < 1.29 is 8.78 Å². The lowest BCUT2D eigenvalue weighted by Crippen LogP contribution is -2.19. The third-order valence-electron chi connectivity index (χ3n) is 2.84. The average molecular weight is 411 g/mol. The molecule has 0 aliphatic carbocycles. The van der Waals surface area contributed by atoms with E-state index in [4.69, 9.17) is 0 Å². The van der Waals surface area contributed by atoms with Crippen molar-refractivity contribution >= 4 is 43.2 Å². The minimum absolute atomic E-state index is 0.0757. The SMILES string of the molecule is CNC(Cc1cc(F)ccc1F)c1cc(Br)sc1Br. The van der Waals surface area contributed by atoms with Crippen molar-refractivity contribution in [2.75, 3.05) is 7.05 Å². The largest absolute Gasteiger partial charge is 0.313 e. The fourth-order valence-electron chi connectivity index (χ4n) is 1.88. The molecule has 0 aliphatic rings. The van der Waals surface area contributed by atoms with Gasteiger partial charge in [-0.15, -0.1) is 11.3 Å². The van der Waals surface area contributed by atoms with Crippen molar-refractivity contribution in [2.24, 2.45) is 0 Å². The van der Waals surface area contributed by atoms with Gasteiger partial charge in [-0.25, -0.2) is 8.78 Å². The van der Waals surface area contributed by atoms with Crippen LogP contribution < -0.4 is 5.32 Å². The smallest absolute Gasteiger partial charge is 0.126 e. The van der Waals surface area contributed by atoms with E-state index in [1.54, 1.807) is 18.4 Å². The van der Waals surface area contributed by atoms with Crippen molar-refractivity contribution in [2.45, 2.75) is 12.5 Å². The number of thiophene rings is 1. The third kappa shape index (κ3) is 3.62. The number of hydrogen-bond donors (Lipinski definition) is 1. The first-order chi connectivity index (χ1) is 9.01. The van der Waals surface area contributed by atoms with E-state index in [-0.39, 0.29) is 11.9 Å². The van der Waals surface area contributed by atoms with E-state index in [0.717, 1.165) is 25.3 Å². The summed E-state index contributed by atoms with van der Waals surface area (Å²) in [5, 5.41) is 3.13. The number of benzene rings is 1. The molecule has 1 aromatic heterocycles. The monoisotopic (exact) mass is 409 g/mol. The summed E-state index contributed by atoms with van der Waals surface area (Å²) in [6.45, 7) is 0. The van der Waals surface area contributed by atoms with E-state index < -0.39 is 5.82 Å². The normalized spacial score (nSPS) is 12.7. The Hall–Kier alpha value is -0.300. The van der Waals surface area contributed by atoms with Crippen LogP contribution in [0.3, 0.4) is 0 Å². The number of halogens is 4. The number of nitrogens with one attached hydrogen (secondary N) is 1. The first kappa shape index (κ1) is 15.1. The van der Waals surface area contributed by atoms with Crippen LogP contribution in [0.5, 0.6) is 0 Å². The summed E-state index contributed by atoms with van der Waals surface area (Å²) < 4.78 is 28.8. The van der Waals surface area contributed by atoms with Crippen LogP contribution in [-0.2, 0) is 6.42 Å². The van der Waals surface area contributed by atoms with Gasteiger partial charge < -0.3 is 5.32 Å². The quantitative estimate of drug-likeness (QED) is 0.743. The molecule has 0 radical (unpaired) electrons. The minimum atomic E-state index is -0.420. The van der Waals surface area contributed by atoms with E-state index in [0.29, 0.717) is 12.0 Å². The van der Waals surface area contributed by atoms with Crippen LogP contribution in [0.15, 0.2) is 31.8 Å². The van der Waals surface area contributed by atoms with Gasteiger partial charge in [-0.3, -0.25) is 0 Å². The van der Waals surface area contributed by atoms with E-state index in [9.17, 15) is 8.78 Å². The number of likely N-dealkylation sites (N-methyl/N-ethyl adjacent to an activating group) is 1. The summed E-state index contributed by atoms with van der Waals surface area (Å²) in [7, 11) is 1.81. The third-order valence-corrected chi connectivity index (χ3v) is 5.22. The van der Waals surface area contributed by atoms with Gasteiger partial charge in [-0.05, 0) is 80.7 Å². The highest BCUT2D eigenvalue weighted by Gasteiger charge is 2.18. The fourth-order valence-corrected chi connectivity index (χ4v) is 4.85. The van der Waals surface area contributed by atoms with E-state index in [1.165, 1.54) is 6.07 Å². The number of rotatable bonds is 4. The molecular weight excluding hydrogens is 400 g/mol. The summed E-state index contributed by atoms with van der Waals surface area (Å²) in [6, 6.07) is 5.44. The molecule has 1 heterocycles. The van der Waals surface area contributed by atoms with Crippen LogP contribution in [0.25, 0.3) is 0 Å². The summed E-state index contributed by atoms with van der Waals surface area (Å²) in [6.07, 6.45) is 0.391. The van der Waals surface area contributed by atoms with Gasteiger partial charge in [0, 0.05) is 6.04 Å². The molecule has 1 aromatic carbocycles. The molecule has 0 aliphatic heterocycles. The Kier molecular flexibility index (Phi) is 5.11. The van der Waals surface area contributed by atoms with Gasteiger partial charge in [0.2, 0.25) is 0 Å². The second-order valence-electron chi connectivity index (χ2n) is 4.06. The van der Waals surface area contributed by atoms with Crippen molar-refractivity contribution in [3.05, 3.63) is 54.6 Å². The molecule has 0 bridgehead atoms. The maximum Gasteiger partial charge on any atom is 0.126 e. The van der Waals surface area contributed by atoms with Gasteiger partial charge >= 0.3 is 0 Å². The molecule has 2 rings (SSSR count). The Labute approximate surface area is 131 Å². The van der Waals surface area contributed by atoms with Crippen LogP contribution in [0.2, 0.25) is 0 Å². The van der Waals surface area contributed by atoms with Gasteiger partial charge in [0.15, 0.2) is 0 Å².